The Bertz CT molecular complexity index is 636. The number of nitrogens with zero attached hydrogens (tertiary/aromatic N) is 2. The fraction of sp³-hybridized carbons (Fsp3) is 0.333. The highest BCUT2D eigenvalue weighted by molar-refractivity contribution is 5.74. The molecule has 1 aromatic carbocycles. The third-order valence-corrected chi connectivity index (χ3v) is 2.82. The molecular weight excluding hydrogens is 259 g/mol. The topological polar surface area (TPSA) is 60.9 Å². The third kappa shape index (κ3) is 2.60. The zero-order valence-corrected chi connectivity index (χ0v) is 9.89. The van der Waals surface area contributed by atoms with Crippen LogP contribution in [0.15, 0.2) is 35.3 Å². The number of para-hydroxylation sites is 2. The summed E-state index contributed by atoms with van der Waals surface area (Å²) < 4.78 is 39.9. The first-order valence-electron chi connectivity index (χ1n) is 5.68. The van der Waals surface area contributed by atoms with Gasteiger partial charge in [0.2, 0.25) is 0 Å². The molecule has 0 aliphatic heterocycles. The van der Waals surface area contributed by atoms with Gasteiger partial charge in [-0.05, 0) is 25.1 Å². The minimum absolute atomic E-state index is 0.158. The van der Waals surface area contributed by atoms with Gasteiger partial charge in [0, 0.05) is 0 Å². The van der Waals surface area contributed by atoms with E-state index in [2.05, 4.69) is 4.98 Å². The molecule has 4 nitrogen and oxygen atoms in total. The lowest BCUT2D eigenvalue weighted by Crippen LogP contribution is -2.36. The van der Waals surface area contributed by atoms with Crippen LogP contribution >= 0.6 is 0 Å². The summed E-state index contributed by atoms with van der Waals surface area (Å²) in [5.41, 5.74) is 4.94. The molecule has 0 spiro atoms. The Labute approximate surface area is 106 Å². The van der Waals surface area contributed by atoms with Gasteiger partial charge in [-0.25, -0.2) is 4.98 Å². The van der Waals surface area contributed by atoms with E-state index < -0.39 is 17.8 Å². The summed E-state index contributed by atoms with van der Waals surface area (Å²) in [4.78, 5) is 15.6. The summed E-state index contributed by atoms with van der Waals surface area (Å²) in [6.45, 7) is -0.159. The van der Waals surface area contributed by atoms with E-state index in [4.69, 9.17) is 5.73 Å². The maximum atomic E-state index is 13.1. The van der Waals surface area contributed by atoms with Gasteiger partial charge in [0.1, 0.15) is 6.04 Å². The molecule has 0 saturated carbocycles. The molecule has 0 fully saturated rings. The van der Waals surface area contributed by atoms with Gasteiger partial charge >= 0.3 is 6.18 Å². The van der Waals surface area contributed by atoms with Crippen molar-refractivity contribution in [3.63, 3.8) is 0 Å². The molecule has 0 radical (unpaired) electrons. The second kappa shape index (κ2) is 5.00. The highest BCUT2D eigenvalue weighted by Gasteiger charge is 2.41. The second-order valence-electron chi connectivity index (χ2n) is 4.09. The van der Waals surface area contributed by atoms with E-state index in [0.717, 1.165) is 10.8 Å². The van der Waals surface area contributed by atoms with Crippen molar-refractivity contribution in [2.75, 3.05) is 6.54 Å². The van der Waals surface area contributed by atoms with E-state index in [1.807, 2.05) is 0 Å². The summed E-state index contributed by atoms with van der Waals surface area (Å²) >= 11 is 0. The van der Waals surface area contributed by atoms with Gasteiger partial charge in [-0.3, -0.25) is 9.36 Å². The van der Waals surface area contributed by atoms with Gasteiger partial charge in [0.25, 0.3) is 5.56 Å². The van der Waals surface area contributed by atoms with E-state index >= 15 is 0 Å². The lowest BCUT2D eigenvalue weighted by Gasteiger charge is -2.23. The lowest BCUT2D eigenvalue weighted by atomic mass is 10.1. The van der Waals surface area contributed by atoms with Crippen LogP contribution in [0, 0.1) is 0 Å². The Morgan fingerprint density at radius 2 is 2.00 bits per heavy atom. The van der Waals surface area contributed by atoms with Crippen LogP contribution in [0.5, 0.6) is 0 Å². The van der Waals surface area contributed by atoms with Crippen LogP contribution in [0.25, 0.3) is 11.0 Å². The highest BCUT2D eigenvalue weighted by atomic mass is 19.4. The number of alkyl halides is 3. The van der Waals surface area contributed by atoms with Crippen molar-refractivity contribution in [3.05, 3.63) is 40.8 Å². The highest BCUT2D eigenvalue weighted by Crippen LogP contribution is 2.33. The van der Waals surface area contributed by atoms with Crippen LogP contribution in [-0.4, -0.2) is 22.3 Å². The fourth-order valence-electron chi connectivity index (χ4n) is 2.00. The summed E-state index contributed by atoms with van der Waals surface area (Å²) in [6.07, 6.45) is -3.98. The van der Waals surface area contributed by atoms with Gasteiger partial charge in [-0.15, -0.1) is 0 Å². The van der Waals surface area contributed by atoms with Crippen LogP contribution in [-0.2, 0) is 0 Å². The number of halogens is 3. The normalized spacial score (nSPS) is 13.7. The van der Waals surface area contributed by atoms with Crippen LogP contribution < -0.4 is 11.3 Å². The number of nitrogens with two attached hydrogens (primary N) is 1. The molecule has 2 rings (SSSR count). The molecule has 19 heavy (non-hydrogen) atoms. The van der Waals surface area contributed by atoms with Crippen molar-refractivity contribution in [1.29, 1.82) is 0 Å². The molecule has 0 bridgehead atoms. The smallest absolute Gasteiger partial charge is 0.330 e. The quantitative estimate of drug-likeness (QED) is 0.926. The molecular formula is C12H12F3N3O. The van der Waals surface area contributed by atoms with Gasteiger partial charge in [-0.1, -0.05) is 12.1 Å². The lowest BCUT2D eigenvalue weighted by molar-refractivity contribution is -0.168. The average Bonchev–Trinajstić information content (AvgIpc) is 2.35. The van der Waals surface area contributed by atoms with E-state index in [0.29, 0.717) is 5.52 Å². The maximum Gasteiger partial charge on any atom is 0.409 e. The molecule has 0 aliphatic rings. The van der Waals surface area contributed by atoms with E-state index in [1.165, 1.54) is 6.07 Å². The molecule has 1 aromatic heterocycles. The largest absolute Gasteiger partial charge is 0.409 e. The molecule has 1 atom stereocenters. The van der Waals surface area contributed by atoms with Gasteiger partial charge in [-0.2, -0.15) is 13.2 Å². The summed E-state index contributed by atoms with van der Waals surface area (Å²) in [6, 6.07) is 4.28. The SMILES string of the molecule is NCCC(n1c(=O)cnc2ccccc21)C(F)(F)F. The summed E-state index contributed by atoms with van der Waals surface area (Å²) in [5.74, 6) is 0. The van der Waals surface area contributed by atoms with Gasteiger partial charge in [0.15, 0.2) is 0 Å². The Kier molecular flexibility index (Phi) is 3.57. The second-order valence-corrected chi connectivity index (χ2v) is 4.09. The number of benzene rings is 1. The van der Waals surface area contributed by atoms with Crippen molar-refractivity contribution in [2.45, 2.75) is 18.6 Å². The fourth-order valence-corrected chi connectivity index (χ4v) is 2.00. The molecule has 102 valence electrons. The number of aromatic nitrogens is 2. The number of rotatable bonds is 3. The average molecular weight is 271 g/mol. The molecule has 2 N–H and O–H groups in total. The van der Waals surface area contributed by atoms with E-state index in [-0.39, 0.29) is 18.5 Å². The third-order valence-electron chi connectivity index (χ3n) is 2.82. The van der Waals surface area contributed by atoms with Crippen molar-refractivity contribution in [1.82, 2.24) is 9.55 Å². The minimum Gasteiger partial charge on any atom is -0.330 e. The Hall–Kier alpha value is -1.89. The first-order valence-corrected chi connectivity index (χ1v) is 5.68. The van der Waals surface area contributed by atoms with Gasteiger partial charge < -0.3 is 5.73 Å². The van der Waals surface area contributed by atoms with Crippen LogP contribution in [0.1, 0.15) is 12.5 Å². The zero-order chi connectivity index (χ0) is 14.0. The Morgan fingerprint density at radius 3 is 2.63 bits per heavy atom. The standard InChI is InChI=1S/C12H12F3N3O/c13-12(14,15)10(5-6-16)18-9-4-2-1-3-8(9)17-7-11(18)19/h1-4,7,10H,5-6,16H2. The molecule has 2 aromatic rings. The zero-order valence-electron chi connectivity index (χ0n) is 9.89. The Morgan fingerprint density at radius 1 is 1.32 bits per heavy atom. The van der Waals surface area contributed by atoms with Gasteiger partial charge in [0.05, 0.1) is 17.2 Å². The van der Waals surface area contributed by atoms with Crippen molar-refractivity contribution in [3.8, 4) is 0 Å². The van der Waals surface area contributed by atoms with Crippen LogP contribution in [0.4, 0.5) is 13.2 Å². The number of hydrogen-bond acceptors (Lipinski definition) is 3. The summed E-state index contributed by atoms with van der Waals surface area (Å²) in [7, 11) is 0. The monoisotopic (exact) mass is 271 g/mol. The van der Waals surface area contributed by atoms with Crippen molar-refractivity contribution >= 4 is 11.0 Å². The molecule has 0 saturated heterocycles. The molecule has 0 amide bonds. The van der Waals surface area contributed by atoms with Crippen molar-refractivity contribution < 1.29 is 13.2 Å². The predicted octanol–water partition coefficient (Wildman–Crippen LogP) is 1.85. The first kappa shape index (κ1) is 13.5. The van der Waals surface area contributed by atoms with Crippen LogP contribution in [0.2, 0.25) is 0 Å². The Balaban J connectivity index is 2.71. The molecule has 7 heteroatoms. The first-order chi connectivity index (χ1) is 8.95. The molecule has 0 aliphatic carbocycles. The molecule has 1 unspecified atom stereocenters. The minimum atomic E-state index is -4.53. The van der Waals surface area contributed by atoms with E-state index in [1.54, 1.807) is 18.2 Å². The molecule has 1 heterocycles. The number of hydrogen-bond donors (Lipinski definition) is 1. The summed E-state index contributed by atoms with van der Waals surface area (Å²) in [5, 5.41) is 0. The maximum absolute atomic E-state index is 13.1. The number of fused-ring (bicyclic) bond motifs is 1. The van der Waals surface area contributed by atoms with Crippen LogP contribution in [0.3, 0.4) is 0 Å². The van der Waals surface area contributed by atoms with E-state index in [9.17, 15) is 18.0 Å². The predicted molar refractivity (Wildman–Crippen MR) is 64.8 cm³/mol. The van der Waals surface area contributed by atoms with Crippen molar-refractivity contribution in [2.24, 2.45) is 5.73 Å².